The molecule has 0 spiro atoms. The SMILES string of the molecule is COc1c(O)cc2cc(CO)oc(=O)c2c1O. The van der Waals surface area contributed by atoms with Crippen LogP contribution in [0, 0.1) is 0 Å². The zero-order chi connectivity index (χ0) is 12.6. The summed E-state index contributed by atoms with van der Waals surface area (Å²) in [6.07, 6.45) is 0. The molecular weight excluding hydrogens is 228 g/mol. The standard InChI is InChI=1S/C11H10O6/c1-16-10-7(13)3-5-2-6(4-12)17-11(15)8(5)9(10)14/h2-3,12-14H,4H2,1H3. The Morgan fingerprint density at radius 3 is 2.65 bits per heavy atom. The quantitative estimate of drug-likeness (QED) is 0.712. The van der Waals surface area contributed by atoms with Gasteiger partial charge in [-0.2, -0.15) is 0 Å². The third-order valence-electron chi connectivity index (χ3n) is 2.37. The van der Waals surface area contributed by atoms with Gasteiger partial charge in [0.2, 0.25) is 5.75 Å². The first kappa shape index (κ1) is 11.3. The molecule has 0 saturated carbocycles. The molecule has 0 atom stereocenters. The monoisotopic (exact) mass is 238 g/mol. The van der Waals surface area contributed by atoms with Crippen LogP contribution in [0.25, 0.3) is 10.8 Å². The van der Waals surface area contributed by atoms with Gasteiger partial charge in [-0.15, -0.1) is 0 Å². The van der Waals surface area contributed by atoms with Crippen molar-refractivity contribution in [3.8, 4) is 17.2 Å². The number of fused-ring (bicyclic) bond motifs is 1. The highest BCUT2D eigenvalue weighted by atomic mass is 16.5. The van der Waals surface area contributed by atoms with Gasteiger partial charge in [0, 0.05) is 5.39 Å². The minimum absolute atomic E-state index is 0.0477. The summed E-state index contributed by atoms with van der Waals surface area (Å²) in [5.41, 5.74) is -0.803. The van der Waals surface area contributed by atoms with E-state index < -0.39 is 18.0 Å². The van der Waals surface area contributed by atoms with Crippen molar-refractivity contribution < 1.29 is 24.5 Å². The molecular formula is C11H10O6. The van der Waals surface area contributed by atoms with Gasteiger partial charge < -0.3 is 24.5 Å². The molecule has 0 radical (unpaired) electrons. The molecule has 1 heterocycles. The molecule has 0 bridgehead atoms. The highest BCUT2D eigenvalue weighted by molar-refractivity contribution is 5.91. The van der Waals surface area contributed by atoms with Crippen molar-refractivity contribution in [1.29, 1.82) is 0 Å². The summed E-state index contributed by atoms with van der Waals surface area (Å²) < 4.78 is 9.52. The molecule has 17 heavy (non-hydrogen) atoms. The van der Waals surface area contributed by atoms with Gasteiger partial charge in [0.05, 0.1) is 7.11 Å². The number of phenols is 2. The van der Waals surface area contributed by atoms with Crippen LogP contribution in [0.15, 0.2) is 21.3 Å². The Hall–Kier alpha value is -2.21. The Balaban J connectivity index is 2.92. The molecule has 2 rings (SSSR count). The fourth-order valence-corrected chi connectivity index (χ4v) is 1.64. The van der Waals surface area contributed by atoms with Gasteiger partial charge in [0.25, 0.3) is 0 Å². The zero-order valence-corrected chi connectivity index (χ0v) is 8.93. The summed E-state index contributed by atoms with van der Waals surface area (Å²) in [7, 11) is 1.25. The number of phenolic OH excluding ortho intramolecular Hbond substituents is 2. The average Bonchev–Trinajstić information content (AvgIpc) is 2.28. The summed E-state index contributed by atoms with van der Waals surface area (Å²) in [6.45, 7) is -0.446. The van der Waals surface area contributed by atoms with E-state index in [1.54, 1.807) is 0 Å². The number of methoxy groups -OCH3 is 1. The van der Waals surface area contributed by atoms with Crippen molar-refractivity contribution in [3.63, 3.8) is 0 Å². The maximum Gasteiger partial charge on any atom is 0.347 e. The minimum atomic E-state index is -0.803. The summed E-state index contributed by atoms with van der Waals surface area (Å²) in [5.74, 6) is -0.930. The molecule has 0 aliphatic rings. The molecule has 0 aliphatic carbocycles. The van der Waals surface area contributed by atoms with Crippen LogP contribution in [-0.2, 0) is 6.61 Å². The fraction of sp³-hybridized carbons (Fsp3) is 0.182. The number of benzene rings is 1. The van der Waals surface area contributed by atoms with Gasteiger partial charge in [-0.25, -0.2) is 4.79 Å². The highest BCUT2D eigenvalue weighted by Crippen LogP contribution is 2.40. The molecule has 1 aromatic carbocycles. The maximum absolute atomic E-state index is 11.6. The van der Waals surface area contributed by atoms with Crippen LogP contribution in [0.1, 0.15) is 5.76 Å². The second-order valence-electron chi connectivity index (χ2n) is 3.40. The van der Waals surface area contributed by atoms with Crippen LogP contribution in [-0.4, -0.2) is 22.4 Å². The lowest BCUT2D eigenvalue weighted by Gasteiger charge is -2.08. The molecule has 6 heteroatoms. The minimum Gasteiger partial charge on any atom is -0.504 e. The Morgan fingerprint density at radius 2 is 2.06 bits per heavy atom. The third-order valence-corrected chi connectivity index (χ3v) is 2.37. The molecule has 2 aromatic rings. The summed E-state index contributed by atoms with van der Waals surface area (Å²) in [4.78, 5) is 11.6. The van der Waals surface area contributed by atoms with Crippen molar-refractivity contribution in [2.75, 3.05) is 7.11 Å². The summed E-state index contributed by atoms with van der Waals surface area (Å²) in [5, 5.41) is 28.4. The van der Waals surface area contributed by atoms with Crippen LogP contribution in [0.4, 0.5) is 0 Å². The number of hydrogen-bond donors (Lipinski definition) is 3. The van der Waals surface area contributed by atoms with Crippen LogP contribution < -0.4 is 10.4 Å². The lowest BCUT2D eigenvalue weighted by Crippen LogP contribution is -2.03. The fourth-order valence-electron chi connectivity index (χ4n) is 1.64. The molecule has 0 fully saturated rings. The highest BCUT2D eigenvalue weighted by Gasteiger charge is 2.17. The predicted molar refractivity (Wildman–Crippen MR) is 58.3 cm³/mol. The van der Waals surface area contributed by atoms with E-state index in [0.29, 0.717) is 0 Å². The number of hydrogen-bond acceptors (Lipinski definition) is 6. The van der Waals surface area contributed by atoms with Crippen molar-refractivity contribution >= 4 is 10.8 Å². The van der Waals surface area contributed by atoms with E-state index >= 15 is 0 Å². The van der Waals surface area contributed by atoms with Gasteiger partial charge in [0.1, 0.15) is 17.8 Å². The van der Waals surface area contributed by atoms with E-state index in [1.807, 2.05) is 0 Å². The largest absolute Gasteiger partial charge is 0.504 e. The Labute approximate surface area is 95.3 Å². The maximum atomic E-state index is 11.6. The Bertz CT molecular complexity index is 628. The van der Waals surface area contributed by atoms with Gasteiger partial charge in [0.15, 0.2) is 11.5 Å². The van der Waals surface area contributed by atoms with Gasteiger partial charge in [-0.3, -0.25) is 0 Å². The van der Waals surface area contributed by atoms with E-state index in [9.17, 15) is 15.0 Å². The van der Waals surface area contributed by atoms with E-state index in [-0.39, 0.29) is 28.0 Å². The predicted octanol–water partition coefficient (Wildman–Crippen LogP) is 0.705. The van der Waals surface area contributed by atoms with E-state index in [4.69, 9.17) is 14.3 Å². The first-order valence-electron chi connectivity index (χ1n) is 4.75. The molecule has 0 saturated heterocycles. The molecule has 90 valence electrons. The van der Waals surface area contributed by atoms with Crippen molar-refractivity contribution in [2.24, 2.45) is 0 Å². The average molecular weight is 238 g/mol. The van der Waals surface area contributed by atoms with E-state index in [2.05, 4.69) is 0 Å². The summed E-state index contributed by atoms with van der Waals surface area (Å²) in [6, 6.07) is 2.61. The van der Waals surface area contributed by atoms with Gasteiger partial charge in [-0.05, 0) is 12.1 Å². The first-order chi connectivity index (χ1) is 8.08. The van der Waals surface area contributed by atoms with Crippen molar-refractivity contribution in [1.82, 2.24) is 0 Å². The van der Waals surface area contributed by atoms with E-state index in [0.717, 1.165) is 0 Å². The van der Waals surface area contributed by atoms with Crippen LogP contribution in [0.3, 0.4) is 0 Å². The van der Waals surface area contributed by atoms with Gasteiger partial charge in [-0.1, -0.05) is 0 Å². The number of aromatic hydroxyl groups is 2. The van der Waals surface area contributed by atoms with Crippen LogP contribution in [0.5, 0.6) is 17.2 Å². The third kappa shape index (κ3) is 1.68. The number of rotatable bonds is 2. The van der Waals surface area contributed by atoms with Crippen molar-refractivity contribution in [3.05, 3.63) is 28.3 Å². The number of ether oxygens (including phenoxy) is 1. The molecule has 3 N–H and O–H groups in total. The smallest absolute Gasteiger partial charge is 0.347 e. The molecule has 0 aliphatic heterocycles. The second kappa shape index (κ2) is 3.99. The van der Waals surface area contributed by atoms with Crippen molar-refractivity contribution in [2.45, 2.75) is 6.61 Å². The first-order valence-corrected chi connectivity index (χ1v) is 4.75. The molecule has 0 unspecified atom stereocenters. The molecule has 0 amide bonds. The Kier molecular flexibility index (Phi) is 2.64. The van der Waals surface area contributed by atoms with Crippen LogP contribution in [0.2, 0.25) is 0 Å². The van der Waals surface area contributed by atoms with Crippen LogP contribution >= 0.6 is 0 Å². The van der Waals surface area contributed by atoms with Gasteiger partial charge >= 0.3 is 5.63 Å². The Morgan fingerprint density at radius 1 is 1.35 bits per heavy atom. The number of aliphatic hydroxyl groups is 1. The summed E-state index contributed by atoms with van der Waals surface area (Å²) >= 11 is 0. The molecule has 6 nitrogen and oxygen atoms in total. The number of aliphatic hydroxyl groups excluding tert-OH is 1. The zero-order valence-electron chi connectivity index (χ0n) is 8.93. The molecule has 1 aromatic heterocycles. The van der Waals surface area contributed by atoms with E-state index in [1.165, 1.54) is 19.2 Å². The normalized spacial score (nSPS) is 10.7. The topological polar surface area (TPSA) is 100 Å². The second-order valence-corrected chi connectivity index (χ2v) is 3.40. The lowest BCUT2D eigenvalue weighted by molar-refractivity contribution is 0.241. The lowest BCUT2D eigenvalue weighted by atomic mass is 10.1.